The van der Waals surface area contributed by atoms with Gasteiger partial charge in [0, 0.05) is 75.0 Å². The number of halogens is 2. The van der Waals surface area contributed by atoms with Crippen LogP contribution in [0.15, 0.2) is 164 Å². The number of esters is 1. The summed E-state index contributed by atoms with van der Waals surface area (Å²) in [5.41, 5.74) is 11.7. The summed E-state index contributed by atoms with van der Waals surface area (Å²) in [7, 11) is 6.56. The molecule has 7 N–H and O–H groups in total. The van der Waals surface area contributed by atoms with E-state index >= 15 is 0 Å². The second kappa shape index (κ2) is 54.8. The number of rotatable bonds is 21. The van der Waals surface area contributed by atoms with Gasteiger partial charge in [-0.3, -0.25) is 29.6 Å². The number of carboxylic acids is 3. The van der Waals surface area contributed by atoms with Gasteiger partial charge in [-0.1, -0.05) is 70.2 Å². The first-order valence-corrected chi connectivity index (χ1v) is 30.9. The summed E-state index contributed by atoms with van der Waals surface area (Å²) >= 11 is 0. The van der Waals surface area contributed by atoms with E-state index in [9.17, 15) is 29.4 Å². The van der Waals surface area contributed by atoms with Crippen molar-refractivity contribution in [1.29, 1.82) is 0 Å². The van der Waals surface area contributed by atoms with Crippen molar-refractivity contribution in [2.45, 2.75) is 135 Å². The zero-order chi connectivity index (χ0) is 68.8. The monoisotopic (exact) mass is 1490 g/mol. The normalized spacial score (nSPS) is 16.5. The Hall–Kier alpha value is -4.70. The molecule has 0 aromatic heterocycles. The molecule has 0 saturated heterocycles. The Bertz CT molecular complexity index is 3120. The number of carbonyl (C=O) groups is 4. The number of aliphatic hydroxyl groups excluding tert-OH is 1. The number of carbonyl (C=O) groups excluding carboxylic acids is 3. The van der Waals surface area contributed by atoms with Crippen LogP contribution in [-0.2, 0) is 23.9 Å². The molecule has 28 heteroatoms. The summed E-state index contributed by atoms with van der Waals surface area (Å²) in [4.78, 5) is 60.2. The summed E-state index contributed by atoms with van der Waals surface area (Å²) in [5, 5.41) is 51.0. The Kier molecular flexibility index (Phi) is 58.2. The average molecular weight is 1490 g/mol. The van der Waals surface area contributed by atoms with Gasteiger partial charge in [-0.25, -0.2) is 0 Å². The zero-order valence-corrected chi connectivity index (χ0v) is 71.4. The standard InChI is InChI=1S/C19H26N2O3.3C17H22N2O3.C2H6O.2CH4.2ClH.4Na.H2O/c1-5-24-18(22)13-20-15-10-16(12-19(2,3)11-15)21-14-6-8-17(23-4)9-7-14;3*1-17(2)9-13(18-11-16(20)21)8-14(10-17)19-12-4-6-15(22-3)7-5-12;1-2-3;;;;;;;;;/h6-10,21H,5,11-13H2,1-4H3;3*4-8,19H,9-11H2,1-3H3,(H,20,21);3H,2H2,1H3;2*1H4;2*1H;;;;;1H2/q;;;;;;;;;4*+1;/p-4. The SMILES string of the molecule is C.C.CCO.CCOC(=O)CN=C1C=C(Nc2ccc(OC)cc2)CC(C)(C)C1.COc1ccc(NC2=CC(=NCC(=O)O)CC(C)(C)C2)cc1.COc1ccc(NC2=CC(=NCC(=O)[O-])CC(C)(C)C2)cc1.COc1ccc(NC2=CC(=NCC(=O)[O-])CC(C)(C)C2)cc1.Cl.[Cl-].[Na+].[Na+].[Na+].[Na+].[OH-]. The molecule has 4 aromatic carbocycles. The fraction of sp³-hybridized carbons (Fsp3) is 0.459. The third kappa shape index (κ3) is 44.3. The molecule has 0 fully saturated rings. The topological polar surface area (TPSA) is 329 Å². The molecule has 544 valence electrons. The van der Waals surface area contributed by atoms with E-state index < -0.39 is 17.9 Å². The first-order chi connectivity index (χ1) is 44.0. The number of hydrogen-bond donors (Lipinski definition) is 6. The average Bonchev–Trinajstić information content (AvgIpc) is 0.848. The number of aliphatic carboxylic acids is 3. The number of aliphatic hydroxyl groups is 1. The molecule has 22 nitrogen and oxygen atoms in total. The minimum atomic E-state index is -1.16. The minimum absolute atomic E-state index is 0. The van der Waals surface area contributed by atoms with Gasteiger partial charge in [0.05, 0.1) is 60.1 Å². The van der Waals surface area contributed by atoms with Crippen molar-refractivity contribution in [3.8, 4) is 23.0 Å². The van der Waals surface area contributed by atoms with Crippen LogP contribution in [0, 0.1) is 21.7 Å². The van der Waals surface area contributed by atoms with Crippen molar-refractivity contribution in [3.05, 3.63) is 144 Å². The fourth-order valence-electron chi connectivity index (χ4n) is 10.5. The maximum Gasteiger partial charge on any atom is 1.00 e. The van der Waals surface area contributed by atoms with E-state index in [-0.39, 0.29) is 224 Å². The molecule has 0 radical (unpaired) electrons. The second-order valence-corrected chi connectivity index (χ2v) is 25.7. The van der Waals surface area contributed by atoms with Gasteiger partial charge in [-0.05, 0) is 208 Å². The Morgan fingerprint density at radius 1 is 0.422 bits per heavy atom. The smallest absolute Gasteiger partial charge is 1.00 e. The molecule has 8 rings (SSSR count). The first-order valence-electron chi connectivity index (χ1n) is 30.9. The summed E-state index contributed by atoms with van der Waals surface area (Å²) in [6.07, 6.45) is 14.6. The van der Waals surface area contributed by atoms with Crippen molar-refractivity contribution in [1.82, 2.24) is 0 Å². The number of hydrogen-bond acceptors (Lipinski definition) is 21. The van der Waals surface area contributed by atoms with Crippen LogP contribution >= 0.6 is 12.4 Å². The quantitative estimate of drug-likeness (QED) is 0.0377. The maximum atomic E-state index is 11.5. The number of nitrogens with zero attached hydrogens (tertiary/aromatic N) is 4. The van der Waals surface area contributed by atoms with Gasteiger partial charge in [0.1, 0.15) is 36.1 Å². The third-order valence-electron chi connectivity index (χ3n) is 14.2. The van der Waals surface area contributed by atoms with Crippen LogP contribution in [0.1, 0.15) is 135 Å². The largest absolute Gasteiger partial charge is 1.00 e. The van der Waals surface area contributed by atoms with E-state index in [1.807, 2.05) is 121 Å². The molecule has 0 saturated carbocycles. The Morgan fingerprint density at radius 3 is 0.814 bits per heavy atom. The Balaban J connectivity index is -0.000000289. The number of ether oxygens (including phenoxy) is 5. The van der Waals surface area contributed by atoms with Gasteiger partial charge >= 0.3 is 130 Å². The Labute approximate surface area is 707 Å². The maximum absolute atomic E-state index is 11.5. The van der Waals surface area contributed by atoms with E-state index in [1.165, 1.54) is 0 Å². The fourth-order valence-corrected chi connectivity index (χ4v) is 10.5. The molecule has 102 heavy (non-hydrogen) atoms. The van der Waals surface area contributed by atoms with E-state index in [4.69, 9.17) is 33.9 Å². The number of carboxylic acid groups (broad SMARTS) is 3. The van der Waals surface area contributed by atoms with Crippen molar-refractivity contribution >= 4 is 81.9 Å². The van der Waals surface area contributed by atoms with Crippen molar-refractivity contribution in [2.75, 3.05) is 89.1 Å². The van der Waals surface area contributed by atoms with Gasteiger partial charge < -0.3 is 92.8 Å². The molecular weight excluding hydrogens is 1390 g/mol. The van der Waals surface area contributed by atoms with Crippen molar-refractivity contribution in [3.63, 3.8) is 0 Å². The number of allylic oxidation sites excluding steroid dienone is 8. The summed E-state index contributed by atoms with van der Waals surface area (Å²) in [6, 6.07) is 30.9. The number of aliphatic imine (C=N–C) groups is 4. The predicted octanol–water partition coefficient (Wildman–Crippen LogP) is -2.31. The number of nitrogens with one attached hydrogen (secondary N) is 4. The van der Waals surface area contributed by atoms with Crippen LogP contribution < -0.4 is 181 Å². The molecule has 0 heterocycles. The molecule has 0 unspecified atom stereocenters. The van der Waals surface area contributed by atoms with E-state index in [0.717, 1.165) is 143 Å². The third-order valence-corrected chi connectivity index (χ3v) is 14.2. The molecule has 4 aliphatic rings. The van der Waals surface area contributed by atoms with Gasteiger partial charge in [0.25, 0.3) is 0 Å². The number of anilines is 4. The van der Waals surface area contributed by atoms with Crippen molar-refractivity contribution in [2.24, 2.45) is 41.6 Å². The molecule has 4 aliphatic carbocycles. The van der Waals surface area contributed by atoms with Crippen LogP contribution in [0.4, 0.5) is 22.7 Å². The summed E-state index contributed by atoms with van der Waals surface area (Å²) in [6.45, 7) is 20.7. The van der Waals surface area contributed by atoms with E-state index in [1.54, 1.807) is 42.3 Å². The minimum Gasteiger partial charge on any atom is -1.00 e. The zero-order valence-electron chi connectivity index (χ0n) is 61.9. The molecule has 0 aliphatic heterocycles. The van der Waals surface area contributed by atoms with Crippen LogP contribution in [0.3, 0.4) is 0 Å². The summed E-state index contributed by atoms with van der Waals surface area (Å²) in [5.74, 6) is -0.259. The Morgan fingerprint density at radius 2 is 0.627 bits per heavy atom. The summed E-state index contributed by atoms with van der Waals surface area (Å²) < 4.78 is 25.5. The molecule has 0 bridgehead atoms. The first kappa shape index (κ1) is 108. The molecule has 4 aromatic rings. The van der Waals surface area contributed by atoms with Crippen LogP contribution in [-0.4, -0.2) is 130 Å². The van der Waals surface area contributed by atoms with E-state index in [2.05, 4.69) is 96.6 Å². The van der Waals surface area contributed by atoms with Gasteiger partial charge in [0.2, 0.25) is 0 Å². The molecular formula is C74H106Cl2N8Na4O14. The molecule has 0 spiro atoms. The molecule has 0 amide bonds. The van der Waals surface area contributed by atoms with Gasteiger partial charge in [-0.15, -0.1) is 12.4 Å². The molecule has 0 atom stereocenters. The van der Waals surface area contributed by atoms with Crippen LogP contribution in [0.2, 0.25) is 0 Å². The van der Waals surface area contributed by atoms with Crippen LogP contribution in [0.5, 0.6) is 23.0 Å². The van der Waals surface area contributed by atoms with E-state index in [0.29, 0.717) is 6.61 Å². The van der Waals surface area contributed by atoms with Gasteiger partial charge in [-0.2, -0.15) is 0 Å². The second-order valence-electron chi connectivity index (χ2n) is 25.7. The van der Waals surface area contributed by atoms with Gasteiger partial charge in [0.15, 0.2) is 0 Å². The van der Waals surface area contributed by atoms with Crippen molar-refractivity contribution < 1.29 is 199 Å². The number of methoxy groups -OCH3 is 4. The van der Waals surface area contributed by atoms with Crippen LogP contribution in [0.25, 0.3) is 0 Å². The predicted molar refractivity (Wildman–Crippen MR) is 390 cm³/mol. The number of benzene rings is 4.